The highest BCUT2D eigenvalue weighted by Gasteiger charge is 2.47. The van der Waals surface area contributed by atoms with E-state index < -0.39 is 11.4 Å². The third-order valence-electron chi connectivity index (χ3n) is 3.87. The fraction of sp³-hybridized carbons (Fsp3) is 0.917. The second-order valence-electron chi connectivity index (χ2n) is 5.25. The van der Waals surface area contributed by atoms with Gasteiger partial charge in [0.25, 0.3) is 0 Å². The first-order chi connectivity index (χ1) is 7.63. The Bertz CT molecular complexity index is 260. The number of hydrogen-bond acceptors (Lipinski definition) is 3. The maximum atomic E-state index is 11.4. The van der Waals surface area contributed by atoms with Gasteiger partial charge in [0, 0.05) is 0 Å². The molecular formula is C12H22N2O2. The molecule has 2 aliphatic rings. The van der Waals surface area contributed by atoms with Crippen molar-refractivity contribution < 1.29 is 9.53 Å². The fourth-order valence-electron chi connectivity index (χ4n) is 2.48. The predicted octanol–water partition coefficient (Wildman–Crippen LogP) is 0.928. The zero-order chi connectivity index (χ0) is 11.6. The summed E-state index contributed by atoms with van der Waals surface area (Å²) in [6, 6.07) is 0. The van der Waals surface area contributed by atoms with E-state index in [1.165, 1.54) is 19.3 Å². The summed E-state index contributed by atoms with van der Waals surface area (Å²) >= 11 is 0. The van der Waals surface area contributed by atoms with Gasteiger partial charge in [-0.1, -0.05) is 19.3 Å². The van der Waals surface area contributed by atoms with Crippen LogP contribution in [0.25, 0.3) is 0 Å². The lowest BCUT2D eigenvalue weighted by Gasteiger charge is -2.30. The van der Waals surface area contributed by atoms with E-state index in [1.54, 1.807) is 0 Å². The molecule has 1 atom stereocenters. The smallest absolute Gasteiger partial charge is 0.240 e. The summed E-state index contributed by atoms with van der Waals surface area (Å²) < 4.78 is 5.78. The molecule has 0 saturated heterocycles. The van der Waals surface area contributed by atoms with E-state index in [2.05, 4.69) is 0 Å². The third kappa shape index (κ3) is 2.55. The van der Waals surface area contributed by atoms with Crippen LogP contribution in [0.5, 0.6) is 0 Å². The van der Waals surface area contributed by atoms with Crippen molar-refractivity contribution in [2.75, 3.05) is 6.61 Å². The highest BCUT2D eigenvalue weighted by atomic mass is 16.5. The molecule has 4 heteroatoms. The summed E-state index contributed by atoms with van der Waals surface area (Å²) in [5, 5.41) is 0. The van der Waals surface area contributed by atoms with Crippen molar-refractivity contribution in [3.05, 3.63) is 0 Å². The lowest BCUT2D eigenvalue weighted by Crippen LogP contribution is -2.57. The maximum absolute atomic E-state index is 11.4. The number of carbonyl (C=O) groups excluding carboxylic acids is 1. The van der Waals surface area contributed by atoms with Gasteiger partial charge in [0.15, 0.2) is 0 Å². The molecule has 16 heavy (non-hydrogen) atoms. The summed E-state index contributed by atoms with van der Waals surface area (Å²) in [6.45, 7) is 0.303. The Labute approximate surface area is 96.7 Å². The topological polar surface area (TPSA) is 78.3 Å². The average Bonchev–Trinajstić information content (AvgIpc) is 3.11. The second kappa shape index (κ2) is 4.72. The Hall–Kier alpha value is -0.610. The average molecular weight is 226 g/mol. The van der Waals surface area contributed by atoms with E-state index in [1.807, 2.05) is 0 Å². The zero-order valence-corrected chi connectivity index (χ0v) is 9.78. The molecule has 4 N–H and O–H groups in total. The van der Waals surface area contributed by atoms with Gasteiger partial charge in [-0.05, 0) is 31.6 Å². The zero-order valence-electron chi connectivity index (χ0n) is 9.78. The molecule has 92 valence electrons. The van der Waals surface area contributed by atoms with Crippen LogP contribution >= 0.6 is 0 Å². The number of primary amides is 1. The van der Waals surface area contributed by atoms with Crippen LogP contribution in [0, 0.1) is 5.92 Å². The number of amides is 1. The molecule has 1 unspecified atom stereocenters. The van der Waals surface area contributed by atoms with E-state index in [0.29, 0.717) is 6.61 Å². The minimum atomic E-state index is -0.919. The molecule has 0 spiro atoms. The van der Waals surface area contributed by atoms with E-state index in [4.69, 9.17) is 16.2 Å². The molecule has 0 bridgehead atoms. The van der Waals surface area contributed by atoms with E-state index in [0.717, 1.165) is 25.7 Å². The van der Waals surface area contributed by atoms with Crippen LogP contribution in [0.3, 0.4) is 0 Å². The number of nitrogens with two attached hydrogens (primary N) is 2. The van der Waals surface area contributed by atoms with Gasteiger partial charge in [-0.25, -0.2) is 0 Å². The van der Waals surface area contributed by atoms with Crippen molar-refractivity contribution in [2.24, 2.45) is 17.4 Å². The molecule has 0 aromatic heterocycles. The molecule has 0 aromatic carbocycles. The summed E-state index contributed by atoms with van der Waals surface area (Å²) in [5.41, 5.74) is 10.5. The van der Waals surface area contributed by atoms with Crippen LogP contribution < -0.4 is 11.5 Å². The lowest BCUT2D eigenvalue weighted by molar-refractivity contribution is -0.127. The highest BCUT2D eigenvalue weighted by molar-refractivity contribution is 5.85. The minimum absolute atomic E-state index is 0.244. The van der Waals surface area contributed by atoms with Gasteiger partial charge in [0.05, 0.1) is 12.7 Å². The first-order valence-electron chi connectivity index (χ1n) is 6.33. The normalized spacial score (nSPS) is 26.3. The van der Waals surface area contributed by atoms with Crippen LogP contribution in [0.1, 0.15) is 44.9 Å². The van der Waals surface area contributed by atoms with Crippen LogP contribution in [0.15, 0.2) is 0 Å². The Morgan fingerprint density at radius 3 is 2.31 bits per heavy atom. The minimum Gasteiger partial charge on any atom is -0.376 e. The maximum Gasteiger partial charge on any atom is 0.240 e. The van der Waals surface area contributed by atoms with Gasteiger partial charge in [-0.15, -0.1) is 0 Å². The van der Waals surface area contributed by atoms with Crippen molar-refractivity contribution in [2.45, 2.75) is 56.6 Å². The standard InChI is InChI=1S/C12H22N2O2/c13-11(15)12(14,9-6-7-9)8-16-10-4-2-1-3-5-10/h9-10H,1-8,14H2,(H2,13,15). The number of hydrogen-bond donors (Lipinski definition) is 2. The molecular weight excluding hydrogens is 204 g/mol. The number of rotatable bonds is 5. The van der Waals surface area contributed by atoms with E-state index in [9.17, 15) is 4.79 Å². The first-order valence-corrected chi connectivity index (χ1v) is 6.33. The van der Waals surface area contributed by atoms with Crippen molar-refractivity contribution in [3.63, 3.8) is 0 Å². The SMILES string of the molecule is NC(=O)C(N)(COC1CCCCC1)C1CC1. The summed E-state index contributed by atoms with van der Waals surface area (Å²) in [6.07, 6.45) is 8.24. The third-order valence-corrected chi connectivity index (χ3v) is 3.87. The first kappa shape index (κ1) is 11.9. The Kier molecular flexibility index (Phi) is 3.50. The van der Waals surface area contributed by atoms with Crippen molar-refractivity contribution in [1.82, 2.24) is 0 Å². The quantitative estimate of drug-likeness (QED) is 0.732. The van der Waals surface area contributed by atoms with Crippen LogP contribution in [0.2, 0.25) is 0 Å². The molecule has 0 radical (unpaired) electrons. The molecule has 1 amide bonds. The Morgan fingerprint density at radius 1 is 1.19 bits per heavy atom. The van der Waals surface area contributed by atoms with Crippen molar-refractivity contribution in [1.29, 1.82) is 0 Å². The van der Waals surface area contributed by atoms with Gasteiger partial charge >= 0.3 is 0 Å². The van der Waals surface area contributed by atoms with Crippen molar-refractivity contribution >= 4 is 5.91 Å². The Balaban J connectivity index is 1.83. The summed E-state index contributed by atoms with van der Waals surface area (Å²) in [5.74, 6) is -0.167. The van der Waals surface area contributed by atoms with Crippen LogP contribution in [-0.4, -0.2) is 24.2 Å². The summed E-state index contributed by atoms with van der Waals surface area (Å²) in [4.78, 5) is 11.4. The van der Waals surface area contributed by atoms with Gasteiger partial charge in [-0.2, -0.15) is 0 Å². The predicted molar refractivity (Wildman–Crippen MR) is 61.7 cm³/mol. The second-order valence-corrected chi connectivity index (χ2v) is 5.25. The monoisotopic (exact) mass is 226 g/mol. The van der Waals surface area contributed by atoms with E-state index in [-0.39, 0.29) is 12.0 Å². The van der Waals surface area contributed by atoms with Crippen LogP contribution in [-0.2, 0) is 9.53 Å². The molecule has 2 rings (SSSR count). The van der Waals surface area contributed by atoms with Gasteiger partial charge in [-0.3, -0.25) is 4.79 Å². The molecule has 4 nitrogen and oxygen atoms in total. The molecule has 0 heterocycles. The molecule has 0 aliphatic heterocycles. The molecule has 0 aromatic rings. The highest BCUT2D eigenvalue weighted by Crippen LogP contribution is 2.38. The lowest BCUT2D eigenvalue weighted by atomic mass is 9.93. The molecule has 2 aliphatic carbocycles. The van der Waals surface area contributed by atoms with Gasteiger partial charge < -0.3 is 16.2 Å². The van der Waals surface area contributed by atoms with E-state index >= 15 is 0 Å². The van der Waals surface area contributed by atoms with Crippen molar-refractivity contribution in [3.8, 4) is 0 Å². The summed E-state index contributed by atoms with van der Waals surface area (Å²) in [7, 11) is 0. The molecule has 2 fully saturated rings. The Morgan fingerprint density at radius 2 is 1.81 bits per heavy atom. The fourth-order valence-corrected chi connectivity index (χ4v) is 2.48. The van der Waals surface area contributed by atoms with Gasteiger partial charge in [0.1, 0.15) is 5.54 Å². The van der Waals surface area contributed by atoms with Crippen LogP contribution in [0.4, 0.5) is 0 Å². The number of carbonyl (C=O) groups is 1. The largest absolute Gasteiger partial charge is 0.376 e. The number of ether oxygens (including phenoxy) is 1. The van der Waals surface area contributed by atoms with Gasteiger partial charge in [0.2, 0.25) is 5.91 Å². The molecule has 2 saturated carbocycles.